The van der Waals surface area contributed by atoms with Crippen molar-refractivity contribution in [1.29, 1.82) is 0 Å². The van der Waals surface area contributed by atoms with Crippen molar-refractivity contribution in [2.45, 2.75) is 57.3 Å². The maximum Gasteiger partial charge on any atom is 0.318 e. The van der Waals surface area contributed by atoms with Gasteiger partial charge in [-0.3, -0.25) is 19.6 Å². The van der Waals surface area contributed by atoms with E-state index in [1.54, 1.807) is 19.5 Å². The topological polar surface area (TPSA) is 87.6 Å². The zero-order chi connectivity index (χ0) is 24.7. The van der Waals surface area contributed by atoms with Gasteiger partial charge in [0.25, 0.3) is 0 Å². The minimum atomic E-state index is -0.637. The Morgan fingerprint density at radius 3 is 2.38 bits per heavy atom. The molecule has 9 heteroatoms. The number of fused-ring (bicyclic) bond motifs is 2. The molecule has 2 aromatic rings. The van der Waals surface area contributed by atoms with Crippen molar-refractivity contribution in [2.75, 3.05) is 26.9 Å². The molecule has 4 rings (SSSR count). The van der Waals surface area contributed by atoms with Gasteiger partial charge < -0.3 is 14.2 Å². The first-order chi connectivity index (χ1) is 16.4. The van der Waals surface area contributed by atoms with Crippen molar-refractivity contribution >= 4 is 43.8 Å². The molecule has 0 aromatic carbocycles. The largest absolute Gasteiger partial charge is 0.465 e. The van der Waals surface area contributed by atoms with Gasteiger partial charge in [0.05, 0.1) is 30.5 Å². The fourth-order valence-electron chi connectivity index (χ4n) is 4.57. The van der Waals surface area contributed by atoms with Gasteiger partial charge in [-0.2, -0.15) is 0 Å². The lowest BCUT2D eigenvalue weighted by Crippen LogP contribution is -2.37. The summed E-state index contributed by atoms with van der Waals surface area (Å²) < 4.78 is 17.3. The van der Waals surface area contributed by atoms with Gasteiger partial charge in [-0.15, -0.1) is 0 Å². The number of ether oxygens (including phenoxy) is 3. The van der Waals surface area contributed by atoms with E-state index in [-0.39, 0.29) is 17.9 Å². The third-order valence-electron chi connectivity index (χ3n) is 6.18. The van der Waals surface area contributed by atoms with Gasteiger partial charge in [0.15, 0.2) is 0 Å². The van der Waals surface area contributed by atoms with E-state index in [0.717, 1.165) is 57.1 Å². The first-order valence-corrected chi connectivity index (χ1v) is 13.1. The molecule has 0 aliphatic heterocycles. The van der Waals surface area contributed by atoms with Crippen LogP contribution in [-0.2, 0) is 42.1 Å². The number of rotatable bonds is 7. The molecule has 7 nitrogen and oxygen atoms in total. The van der Waals surface area contributed by atoms with Gasteiger partial charge in [-0.1, -0.05) is 0 Å². The Morgan fingerprint density at radius 2 is 1.71 bits per heavy atom. The smallest absolute Gasteiger partial charge is 0.318 e. The van der Waals surface area contributed by atoms with Crippen LogP contribution in [0.15, 0.2) is 33.5 Å². The van der Waals surface area contributed by atoms with Gasteiger partial charge in [0, 0.05) is 35.1 Å². The Morgan fingerprint density at radius 1 is 1.03 bits per heavy atom. The molecule has 0 N–H and O–H groups in total. The summed E-state index contributed by atoms with van der Waals surface area (Å²) in [6, 6.07) is 4.07. The summed E-state index contributed by atoms with van der Waals surface area (Å²) in [4.78, 5) is 32.8. The fraction of sp³-hybridized carbons (Fsp3) is 0.520. The van der Waals surface area contributed by atoms with Crippen LogP contribution in [0.4, 0.5) is 0 Å². The summed E-state index contributed by atoms with van der Waals surface area (Å²) in [5, 5.41) is 0. The predicted molar refractivity (Wildman–Crippen MR) is 135 cm³/mol. The second kappa shape index (κ2) is 12.2. The van der Waals surface area contributed by atoms with Crippen LogP contribution in [-0.4, -0.2) is 48.8 Å². The molecule has 34 heavy (non-hydrogen) atoms. The van der Waals surface area contributed by atoms with Gasteiger partial charge in [-0.05, 0) is 101 Å². The highest BCUT2D eigenvalue weighted by atomic mass is 79.9. The fourth-order valence-corrected chi connectivity index (χ4v) is 5.33. The molecule has 2 aromatic heterocycles. The van der Waals surface area contributed by atoms with Crippen LogP contribution in [0.25, 0.3) is 0 Å². The number of aryl methyl sites for hydroxylation is 2. The molecule has 184 valence electrons. The maximum absolute atomic E-state index is 12.4. The molecule has 0 amide bonds. The van der Waals surface area contributed by atoms with Crippen LogP contribution in [0, 0.1) is 0 Å². The van der Waals surface area contributed by atoms with Crippen LogP contribution >= 0.6 is 31.9 Å². The molecule has 0 bridgehead atoms. The van der Waals surface area contributed by atoms with Crippen molar-refractivity contribution in [3.05, 3.63) is 56.0 Å². The number of methoxy groups -OCH3 is 1. The summed E-state index contributed by atoms with van der Waals surface area (Å²) in [5.41, 5.74) is 3.38. The van der Waals surface area contributed by atoms with E-state index >= 15 is 0 Å². The molecule has 2 atom stereocenters. The monoisotopic (exact) mass is 596 g/mol. The third-order valence-corrected chi connectivity index (χ3v) is 7.05. The van der Waals surface area contributed by atoms with E-state index in [2.05, 4.69) is 41.8 Å². The van der Waals surface area contributed by atoms with E-state index in [1.165, 1.54) is 0 Å². The number of aromatic nitrogens is 2. The Balaban J connectivity index is 0.000000196. The molecule has 0 spiro atoms. The van der Waals surface area contributed by atoms with Gasteiger partial charge >= 0.3 is 11.9 Å². The summed E-state index contributed by atoms with van der Waals surface area (Å²) in [5.74, 6) is -0.486. The number of carbonyl (C=O) groups excluding carboxylic acids is 2. The minimum absolute atomic E-state index is 0.147. The average molecular weight is 598 g/mol. The average Bonchev–Trinajstić information content (AvgIpc) is 3.40. The highest BCUT2D eigenvalue weighted by molar-refractivity contribution is 9.10. The molecule has 0 saturated carbocycles. The number of halogens is 2. The predicted octanol–water partition coefficient (Wildman–Crippen LogP) is 5.06. The molecule has 0 saturated heterocycles. The lowest BCUT2D eigenvalue weighted by molar-refractivity contribution is -0.151. The van der Waals surface area contributed by atoms with Crippen molar-refractivity contribution in [1.82, 2.24) is 9.97 Å². The first kappa shape index (κ1) is 26.8. The Kier molecular flexibility index (Phi) is 9.62. The zero-order valence-electron chi connectivity index (χ0n) is 19.7. The zero-order valence-corrected chi connectivity index (χ0v) is 22.9. The van der Waals surface area contributed by atoms with E-state index in [4.69, 9.17) is 14.2 Å². The Hall–Kier alpha value is -1.84. The normalized spacial score (nSPS) is 20.1. The SMILES string of the molecule is CCOC(=O)C1(CCOC)CCc2cc(Br)cnc21.CCOC(=O)C1CCc2cc(Br)cnc21. The maximum atomic E-state index is 12.4. The van der Waals surface area contributed by atoms with Crippen LogP contribution in [0.3, 0.4) is 0 Å². The number of hydrogen-bond acceptors (Lipinski definition) is 7. The van der Waals surface area contributed by atoms with Crippen LogP contribution in [0.2, 0.25) is 0 Å². The molecular formula is C25H30Br2N2O5. The number of nitrogens with zero attached hydrogens (tertiary/aromatic N) is 2. The Labute approximate surface area is 217 Å². The van der Waals surface area contributed by atoms with E-state index in [1.807, 2.05) is 26.0 Å². The number of carbonyl (C=O) groups is 2. The number of esters is 2. The van der Waals surface area contributed by atoms with Crippen molar-refractivity contribution in [2.24, 2.45) is 0 Å². The highest BCUT2D eigenvalue weighted by Gasteiger charge is 2.47. The molecule has 0 radical (unpaired) electrons. The molecule has 2 heterocycles. The first-order valence-electron chi connectivity index (χ1n) is 11.5. The van der Waals surface area contributed by atoms with Crippen LogP contribution < -0.4 is 0 Å². The van der Waals surface area contributed by atoms with E-state index in [9.17, 15) is 9.59 Å². The summed E-state index contributed by atoms with van der Waals surface area (Å²) in [6.07, 6.45) is 7.41. The molecule has 2 aliphatic rings. The second-order valence-corrected chi connectivity index (χ2v) is 10.1. The third kappa shape index (κ3) is 5.86. The van der Waals surface area contributed by atoms with Crippen LogP contribution in [0.5, 0.6) is 0 Å². The lowest BCUT2D eigenvalue weighted by atomic mass is 9.82. The van der Waals surface area contributed by atoms with E-state index in [0.29, 0.717) is 26.2 Å². The summed E-state index contributed by atoms with van der Waals surface area (Å²) in [7, 11) is 1.64. The molecule has 0 fully saturated rings. The van der Waals surface area contributed by atoms with Gasteiger partial charge in [0.1, 0.15) is 5.41 Å². The van der Waals surface area contributed by atoms with Crippen molar-refractivity contribution < 1.29 is 23.8 Å². The lowest BCUT2D eigenvalue weighted by Gasteiger charge is -2.26. The van der Waals surface area contributed by atoms with Crippen molar-refractivity contribution in [3.8, 4) is 0 Å². The van der Waals surface area contributed by atoms with Gasteiger partial charge in [0.2, 0.25) is 0 Å². The minimum Gasteiger partial charge on any atom is -0.465 e. The van der Waals surface area contributed by atoms with Gasteiger partial charge in [-0.25, -0.2) is 0 Å². The Bertz CT molecular complexity index is 1030. The molecular weight excluding hydrogens is 568 g/mol. The number of pyridine rings is 2. The quantitative estimate of drug-likeness (QED) is 0.412. The van der Waals surface area contributed by atoms with Crippen LogP contribution in [0.1, 0.15) is 61.5 Å². The molecule has 2 aliphatic carbocycles. The number of hydrogen-bond donors (Lipinski definition) is 0. The van der Waals surface area contributed by atoms with Crippen molar-refractivity contribution in [3.63, 3.8) is 0 Å². The van der Waals surface area contributed by atoms with E-state index < -0.39 is 5.41 Å². The highest BCUT2D eigenvalue weighted by Crippen LogP contribution is 2.42. The summed E-state index contributed by atoms with van der Waals surface area (Å²) in [6.45, 7) is 4.99. The molecule has 2 unspecified atom stereocenters. The second-order valence-electron chi connectivity index (χ2n) is 8.25. The standard InChI is InChI=1S/C14H18BrNO3.C11H12BrNO2/c1-3-19-13(17)14(6-7-18-2)5-4-10-8-11(15)9-16-12(10)14;1-2-15-11(14)9-4-3-7-5-8(12)6-13-10(7)9/h8-9H,3-7H2,1-2H3;5-6,9H,2-4H2,1H3. The summed E-state index contributed by atoms with van der Waals surface area (Å²) >= 11 is 6.79.